The molecule has 2 aromatic rings. The van der Waals surface area contributed by atoms with Crippen molar-refractivity contribution in [1.29, 1.82) is 0 Å². The summed E-state index contributed by atoms with van der Waals surface area (Å²) in [4.78, 5) is 14.6. The van der Waals surface area contributed by atoms with Gasteiger partial charge in [0.1, 0.15) is 5.82 Å². The van der Waals surface area contributed by atoms with Crippen LogP contribution >= 0.6 is 12.4 Å². The van der Waals surface area contributed by atoms with E-state index < -0.39 is 0 Å². The standard InChI is InChI=1S/C19H22FN3O2.ClH/c20-16-5-1-14(2-6-16)18(23-9-11-25-12-10-23)13-22-19(24)15-3-7-17(21)8-4-15;/h1-8,18H,9-13,21H2,(H,22,24);1H. The van der Waals surface area contributed by atoms with Crippen molar-refractivity contribution in [3.8, 4) is 0 Å². The number of nitrogens with two attached hydrogens (primary N) is 1. The summed E-state index contributed by atoms with van der Waals surface area (Å²) in [6.45, 7) is 3.31. The van der Waals surface area contributed by atoms with Crippen LogP contribution in [0.15, 0.2) is 48.5 Å². The van der Waals surface area contributed by atoms with E-state index in [-0.39, 0.29) is 30.2 Å². The summed E-state index contributed by atoms with van der Waals surface area (Å²) in [5.41, 5.74) is 7.81. The fourth-order valence-corrected chi connectivity index (χ4v) is 2.96. The minimum Gasteiger partial charge on any atom is -0.399 e. The van der Waals surface area contributed by atoms with Gasteiger partial charge < -0.3 is 15.8 Å². The molecule has 7 heteroatoms. The molecule has 1 saturated heterocycles. The van der Waals surface area contributed by atoms with E-state index in [1.807, 2.05) is 0 Å². The number of benzene rings is 2. The Labute approximate surface area is 158 Å². The third kappa shape index (κ3) is 5.17. The predicted octanol–water partition coefficient (Wildman–Crippen LogP) is 2.63. The number of halogens is 2. The van der Waals surface area contributed by atoms with Gasteiger partial charge in [-0.2, -0.15) is 0 Å². The smallest absolute Gasteiger partial charge is 0.251 e. The lowest BCUT2D eigenvalue weighted by molar-refractivity contribution is 0.0162. The minimum atomic E-state index is -0.268. The number of rotatable bonds is 5. The zero-order valence-corrected chi connectivity index (χ0v) is 15.2. The van der Waals surface area contributed by atoms with Crippen molar-refractivity contribution in [1.82, 2.24) is 10.2 Å². The molecule has 3 N–H and O–H groups in total. The molecule has 1 aliphatic rings. The van der Waals surface area contributed by atoms with Crippen molar-refractivity contribution >= 4 is 24.0 Å². The molecule has 0 aromatic heterocycles. The molecule has 3 rings (SSSR count). The lowest BCUT2D eigenvalue weighted by Gasteiger charge is -2.35. The molecule has 0 spiro atoms. The number of nitrogens with one attached hydrogen (secondary N) is 1. The molecule has 1 heterocycles. The van der Waals surface area contributed by atoms with Crippen LogP contribution in [0.1, 0.15) is 22.0 Å². The van der Waals surface area contributed by atoms with Crippen LogP contribution in [-0.2, 0) is 4.74 Å². The quantitative estimate of drug-likeness (QED) is 0.784. The fourth-order valence-electron chi connectivity index (χ4n) is 2.96. The van der Waals surface area contributed by atoms with Crippen molar-refractivity contribution in [3.05, 3.63) is 65.5 Å². The van der Waals surface area contributed by atoms with E-state index in [4.69, 9.17) is 10.5 Å². The maximum Gasteiger partial charge on any atom is 0.251 e. The van der Waals surface area contributed by atoms with E-state index in [9.17, 15) is 9.18 Å². The first-order valence-corrected chi connectivity index (χ1v) is 8.34. The van der Waals surface area contributed by atoms with Gasteiger partial charge in [-0.15, -0.1) is 12.4 Å². The molecule has 0 bridgehead atoms. The highest BCUT2D eigenvalue weighted by Gasteiger charge is 2.23. The Kier molecular flexibility index (Phi) is 7.38. The number of morpholine rings is 1. The van der Waals surface area contributed by atoms with Gasteiger partial charge in [0.25, 0.3) is 5.91 Å². The van der Waals surface area contributed by atoms with Gasteiger partial charge in [0.2, 0.25) is 0 Å². The first kappa shape index (κ1) is 20.2. The molecular formula is C19H23ClFN3O2. The summed E-state index contributed by atoms with van der Waals surface area (Å²) < 4.78 is 18.7. The normalized spacial score (nSPS) is 15.7. The number of hydrogen-bond acceptors (Lipinski definition) is 4. The van der Waals surface area contributed by atoms with E-state index in [2.05, 4.69) is 10.2 Å². The first-order chi connectivity index (χ1) is 12.1. The molecule has 0 saturated carbocycles. The van der Waals surface area contributed by atoms with Crippen LogP contribution in [-0.4, -0.2) is 43.7 Å². The second kappa shape index (κ2) is 9.52. The summed E-state index contributed by atoms with van der Waals surface area (Å²) in [5.74, 6) is -0.421. The lowest BCUT2D eigenvalue weighted by Crippen LogP contribution is -2.43. The largest absolute Gasteiger partial charge is 0.399 e. The first-order valence-electron chi connectivity index (χ1n) is 8.34. The number of anilines is 1. The van der Waals surface area contributed by atoms with Crippen molar-refractivity contribution in [2.75, 3.05) is 38.6 Å². The molecule has 1 fully saturated rings. The zero-order chi connectivity index (χ0) is 17.6. The van der Waals surface area contributed by atoms with Crippen molar-refractivity contribution in [2.24, 2.45) is 0 Å². The van der Waals surface area contributed by atoms with Gasteiger partial charge in [0.15, 0.2) is 0 Å². The SMILES string of the molecule is Cl.Nc1ccc(C(=O)NCC(c2ccc(F)cc2)N2CCOCC2)cc1. The van der Waals surface area contributed by atoms with Gasteiger partial charge >= 0.3 is 0 Å². The molecule has 0 aliphatic carbocycles. The number of hydrogen-bond donors (Lipinski definition) is 2. The molecule has 1 aliphatic heterocycles. The summed E-state index contributed by atoms with van der Waals surface area (Å²) in [5, 5.41) is 2.97. The second-order valence-electron chi connectivity index (χ2n) is 6.05. The zero-order valence-electron chi connectivity index (χ0n) is 14.4. The third-order valence-electron chi connectivity index (χ3n) is 4.37. The van der Waals surface area contributed by atoms with E-state index in [0.717, 1.165) is 18.7 Å². The van der Waals surface area contributed by atoms with Crippen LogP contribution in [0.5, 0.6) is 0 Å². The predicted molar refractivity (Wildman–Crippen MR) is 102 cm³/mol. The van der Waals surface area contributed by atoms with Crippen LogP contribution in [0, 0.1) is 5.82 Å². The second-order valence-corrected chi connectivity index (χ2v) is 6.05. The van der Waals surface area contributed by atoms with E-state index in [1.54, 1.807) is 36.4 Å². The van der Waals surface area contributed by atoms with Gasteiger partial charge in [-0.05, 0) is 42.0 Å². The Morgan fingerprint density at radius 3 is 2.35 bits per heavy atom. The Morgan fingerprint density at radius 2 is 1.73 bits per heavy atom. The van der Waals surface area contributed by atoms with E-state index in [0.29, 0.717) is 31.0 Å². The average molecular weight is 380 g/mol. The van der Waals surface area contributed by atoms with Crippen LogP contribution in [0.2, 0.25) is 0 Å². The topological polar surface area (TPSA) is 67.6 Å². The average Bonchev–Trinajstić information content (AvgIpc) is 2.64. The highest BCUT2D eigenvalue weighted by atomic mass is 35.5. The van der Waals surface area contributed by atoms with Crippen LogP contribution in [0.3, 0.4) is 0 Å². The van der Waals surface area contributed by atoms with Crippen molar-refractivity contribution in [3.63, 3.8) is 0 Å². The monoisotopic (exact) mass is 379 g/mol. The van der Waals surface area contributed by atoms with Crippen molar-refractivity contribution < 1.29 is 13.9 Å². The number of carbonyl (C=O) groups is 1. The fraction of sp³-hybridized carbons (Fsp3) is 0.316. The lowest BCUT2D eigenvalue weighted by atomic mass is 10.0. The van der Waals surface area contributed by atoms with Gasteiger partial charge in [-0.1, -0.05) is 12.1 Å². The number of amides is 1. The van der Waals surface area contributed by atoms with Crippen LogP contribution in [0.25, 0.3) is 0 Å². The summed E-state index contributed by atoms with van der Waals surface area (Å²) >= 11 is 0. The number of ether oxygens (including phenoxy) is 1. The van der Waals surface area contributed by atoms with Crippen molar-refractivity contribution in [2.45, 2.75) is 6.04 Å². The maximum absolute atomic E-state index is 13.2. The third-order valence-corrected chi connectivity index (χ3v) is 4.37. The highest BCUT2D eigenvalue weighted by molar-refractivity contribution is 5.94. The Balaban J connectivity index is 0.00000243. The molecule has 5 nitrogen and oxygen atoms in total. The van der Waals surface area contributed by atoms with E-state index >= 15 is 0 Å². The Morgan fingerprint density at radius 1 is 1.12 bits per heavy atom. The number of carbonyl (C=O) groups excluding carboxylic acids is 1. The molecule has 140 valence electrons. The summed E-state index contributed by atoms with van der Waals surface area (Å²) in [6.07, 6.45) is 0. The molecule has 0 radical (unpaired) electrons. The highest BCUT2D eigenvalue weighted by Crippen LogP contribution is 2.22. The molecule has 26 heavy (non-hydrogen) atoms. The number of nitrogen functional groups attached to an aromatic ring is 1. The van der Waals surface area contributed by atoms with Crippen LogP contribution < -0.4 is 11.1 Å². The number of nitrogens with zero attached hydrogens (tertiary/aromatic N) is 1. The van der Waals surface area contributed by atoms with Gasteiger partial charge in [0, 0.05) is 30.9 Å². The van der Waals surface area contributed by atoms with Gasteiger partial charge in [-0.3, -0.25) is 9.69 Å². The van der Waals surface area contributed by atoms with Crippen LogP contribution in [0.4, 0.5) is 10.1 Å². The molecule has 1 atom stereocenters. The Bertz CT molecular complexity index is 704. The molecule has 2 aromatic carbocycles. The summed E-state index contributed by atoms with van der Waals surface area (Å²) in [7, 11) is 0. The summed E-state index contributed by atoms with van der Waals surface area (Å²) in [6, 6.07) is 13.2. The molecule has 1 unspecified atom stereocenters. The van der Waals surface area contributed by atoms with Gasteiger partial charge in [0.05, 0.1) is 19.3 Å². The Hall–Kier alpha value is -2.15. The van der Waals surface area contributed by atoms with E-state index in [1.165, 1.54) is 12.1 Å². The molecule has 1 amide bonds. The van der Waals surface area contributed by atoms with Gasteiger partial charge in [-0.25, -0.2) is 4.39 Å². The molecular weight excluding hydrogens is 357 g/mol. The minimum absolute atomic E-state index is 0. The maximum atomic E-state index is 13.2.